The smallest absolute Gasteiger partial charge is 0.407 e. The van der Waals surface area contributed by atoms with Crippen LogP contribution in [0.15, 0.2) is 24.3 Å². The van der Waals surface area contributed by atoms with Crippen LogP contribution in [0.5, 0.6) is 0 Å². The van der Waals surface area contributed by atoms with Gasteiger partial charge in [0.15, 0.2) is 0 Å². The molecule has 1 atom stereocenters. The minimum Gasteiger partial charge on any atom is -0.439 e. The molecule has 2 fully saturated rings. The largest absolute Gasteiger partial charge is 0.439 e. The molecule has 2 N–H and O–H groups in total. The molecule has 100 valence electrons. The van der Waals surface area contributed by atoms with E-state index in [-0.39, 0.29) is 24.0 Å². The Labute approximate surface area is 111 Å². The lowest BCUT2D eigenvalue weighted by Crippen LogP contribution is -2.27. The Balaban J connectivity index is 1.62. The highest BCUT2D eigenvalue weighted by Crippen LogP contribution is 2.28. The van der Waals surface area contributed by atoms with Gasteiger partial charge in [-0.25, -0.2) is 4.79 Å². The standard InChI is InChI=1S/C14H16N2O3/c17-13(10-2-1-3-10)16-11-6-4-9(5-7-11)12-8-15-14(18)19-12/h4-7,10,12H,1-3,8H2,(H,15,18)(H,16,17). The summed E-state index contributed by atoms with van der Waals surface area (Å²) in [6.07, 6.45) is 2.52. The lowest BCUT2D eigenvalue weighted by atomic mass is 9.85. The number of hydrogen-bond donors (Lipinski definition) is 2. The fraction of sp³-hybridized carbons (Fsp3) is 0.429. The SMILES string of the molecule is O=C1NCC(c2ccc(NC(=O)C3CCC3)cc2)O1. The summed E-state index contributed by atoms with van der Waals surface area (Å²) >= 11 is 0. The lowest BCUT2D eigenvalue weighted by molar-refractivity contribution is -0.122. The van der Waals surface area contributed by atoms with Gasteiger partial charge in [-0.05, 0) is 30.5 Å². The molecule has 0 radical (unpaired) electrons. The maximum Gasteiger partial charge on any atom is 0.407 e. The molecule has 0 bridgehead atoms. The fourth-order valence-electron chi connectivity index (χ4n) is 2.27. The maximum absolute atomic E-state index is 11.8. The summed E-state index contributed by atoms with van der Waals surface area (Å²) in [6.45, 7) is 0.493. The van der Waals surface area contributed by atoms with Crippen molar-refractivity contribution in [1.29, 1.82) is 0 Å². The van der Waals surface area contributed by atoms with Gasteiger partial charge in [0.1, 0.15) is 6.10 Å². The fourth-order valence-corrected chi connectivity index (χ4v) is 2.27. The van der Waals surface area contributed by atoms with E-state index in [0.29, 0.717) is 6.54 Å². The monoisotopic (exact) mass is 260 g/mol. The van der Waals surface area contributed by atoms with Crippen LogP contribution in [0.4, 0.5) is 10.5 Å². The molecule has 19 heavy (non-hydrogen) atoms. The second-order valence-corrected chi connectivity index (χ2v) is 5.01. The van der Waals surface area contributed by atoms with Crippen LogP contribution < -0.4 is 10.6 Å². The number of rotatable bonds is 3. The zero-order valence-corrected chi connectivity index (χ0v) is 10.5. The number of anilines is 1. The van der Waals surface area contributed by atoms with Crippen molar-refractivity contribution in [2.24, 2.45) is 5.92 Å². The first-order chi connectivity index (χ1) is 9.22. The minimum absolute atomic E-state index is 0.105. The van der Waals surface area contributed by atoms with Crippen molar-refractivity contribution in [2.75, 3.05) is 11.9 Å². The number of carbonyl (C=O) groups excluding carboxylic acids is 2. The molecule has 2 aliphatic rings. The van der Waals surface area contributed by atoms with Gasteiger partial charge in [0, 0.05) is 11.6 Å². The van der Waals surface area contributed by atoms with Crippen LogP contribution in [-0.4, -0.2) is 18.5 Å². The summed E-state index contributed by atoms with van der Waals surface area (Å²) in [5, 5.41) is 5.52. The van der Waals surface area contributed by atoms with Gasteiger partial charge in [0.05, 0.1) is 6.54 Å². The van der Waals surface area contributed by atoms with E-state index in [4.69, 9.17) is 4.74 Å². The number of hydrogen-bond acceptors (Lipinski definition) is 3. The van der Waals surface area contributed by atoms with E-state index in [2.05, 4.69) is 10.6 Å². The third kappa shape index (κ3) is 2.54. The van der Waals surface area contributed by atoms with Crippen LogP contribution >= 0.6 is 0 Å². The zero-order chi connectivity index (χ0) is 13.2. The van der Waals surface area contributed by atoms with Crippen molar-refractivity contribution in [3.63, 3.8) is 0 Å². The highest BCUT2D eigenvalue weighted by atomic mass is 16.6. The number of cyclic esters (lactones) is 1. The van der Waals surface area contributed by atoms with Crippen LogP contribution in [0.3, 0.4) is 0 Å². The molecule has 2 amide bonds. The zero-order valence-electron chi connectivity index (χ0n) is 10.5. The van der Waals surface area contributed by atoms with Crippen LogP contribution in [0, 0.1) is 5.92 Å². The summed E-state index contributed by atoms with van der Waals surface area (Å²) in [7, 11) is 0. The number of carbonyl (C=O) groups is 2. The van der Waals surface area contributed by atoms with Gasteiger partial charge in [-0.1, -0.05) is 18.6 Å². The second-order valence-electron chi connectivity index (χ2n) is 5.01. The number of amides is 2. The van der Waals surface area contributed by atoms with Gasteiger partial charge in [0.25, 0.3) is 0 Å². The summed E-state index contributed by atoms with van der Waals surface area (Å²) < 4.78 is 5.10. The molecule has 1 saturated carbocycles. The van der Waals surface area contributed by atoms with E-state index >= 15 is 0 Å². The van der Waals surface area contributed by atoms with Crippen LogP contribution in [0.2, 0.25) is 0 Å². The summed E-state index contributed by atoms with van der Waals surface area (Å²) in [4.78, 5) is 22.8. The summed E-state index contributed by atoms with van der Waals surface area (Å²) in [5.74, 6) is 0.285. The molecule has 0 spiro atoms. The van der Waals surface area contributed by atoms with E-state index in [0.717, 1.165) is 30.5 Å². The number of alkyl carbamates (subject to hydrolysis) is 1. The predicted molar refractivity (Wildman–Crippen MR) is 69.6 cm³/mol. The van der Waals surface area contributed by atoms with Gasteiger partial charge in [-0.3, -0.25) is 4.79 Å². The van der Waals surface area contributed by atoms with Crippen molar-refractivity contribution in [1.82, 2.24) is 5.32 Å². The molecule has 0 aromatic heterocycles. The highest BCUT2D eigenvalue weighted by Gasteiger charge is 2.26. The quantitative estimate of drug-likeness (QED) is 0.875. The summed E-state index contributed by atoms with van der Waals surface area (Å²) in [6, 6.07) is 7.44. The number of ether oxygens (including phenoxy) is 1. The average Bonchev–Trinajstić information content (AvgIpc) is 2.74. The Morgan fingerprint density at radius 2 is 2.00 bits per heavy atom. The Morgan fingerprint density at radius 3 is 2.53 bits per heavy atom. The Bertz CT molecular complexity index is 494. The minimum atomic E-state index is -0.382. The molecule has 1 aromatic rings. The number of benzene rings is 1. The van der Waals surface area contributed by atoms with E-state index in [1.165, 1.54) is 0 Å². The molecular formula is C14H16N2O3. The molecule has 5 nitrogen and oxygen atoms in total. The van der Waals surface area contributed by atoms with Gasteiger partial charge in [-0.15, -0.1) is 0 Å². The molecule has 1 unspecified atom stereocenters. The molecule has 1 saturated heterocycles. The van der Waals surface area contributed by atoms with Gasteiger partial charge in [0.2, 0.25) is 5.91 Å². The van der Waals surface area contributed by atoms with Gasteiger partial charge < -0.3 is 15.4 Å². The van der Waals surface area contributed by atoms with E-state index in [1.807, 2.05) is 24.3 Å². The Kier molecular flexibility index (Phi) is 3.11. The van der Waals surface area contributed by atoms with Crippen molar-refractivity contribution in [3.8, 4) is 0 Å². The van der Waals surface area contributed by atoms with Crippen molar-refractivity contribution in [2.45, 2.75) is 25.4 Å². The summed E-state index contributed by atoms with van der Waals surface area (Å²) in [5.41, 5.74) is 1.72. The lowest BCUT2D eigenvalue weighted by Gasteiger charge is -2.24. The molecule has 5 heteroatoms. The maximum atomic E-state index is 11.8. The van der Waals surface area contributed by atoms with Crippen LogP contribution in [0.25, 0.3) is 0 Å². The predicted octanol–water partition coefficient (Wildman–Crippen LogP) is 2.21. The average molecular weight is 260 g/mol. The second kappa shape index (κ2) is 4.91. The van der Waals surface area contributed by atoms with Crippen molar-refractivity contribution in [3.05, 3.63) is 29.8 Å². The normalized spacial score (nSPS) is 22.3. The molecule has 1 heterocycles. The third-order valence-electron chi connectivity index (χ3n) is 3.71. The molecular weight excluding hydrogens is 244 g/mol. The molecule has 3 rings (SSSR count). The van der Waals surface area contributed by atoms with Crippen LogP contribution in [-0.2, 0) is 9.53 Å². The van der Waals surface area contributed by atoms with Crippen LogP contribution in [0.1, 0.15) is 30.9 Å². The van der Waals surface area contributed by atoms with E-state index in [9.17, 15) is 9.59 Å². The van der Waals surface area contributed by atoms with E-state index < -0.39 is 0 Å². The first kappa shape index (κ1) is 12.0. The number of nitrogens with one attached hydrogen (secondary N) is 2. The molecule has 1 aromatic carbocycles. The van der Waals surface area contributed by atoms with E-state index in [1.54, 1.807) is 0 Å². The molecule has 1 aliphatic heterocycles. The van der Waals surface area contributed by atoms with Crippen molar-refractivity contribution < 1.29 is 14.3 Å². The molecule has 1 aliphatic carbocycles. The first-order valence-electron chi connectivity index (χ1n) is 6.58. The topological polar surface area (TPSA) is 67.4 Å². The van der Waals surface area contributed by atoms with Crippen molar-refractivity contribution >= 4 is 17.7 Å². The highest BCUT2D eigenvalue weighted by molar-refractivity contribution is 5.93. The van der Waals surface area contributed by atoms with Gasteiger partial charge >= 0.3 is 6.09 Å². The Morgan fingerprint density at radius 1 is 1.26 bits per heavy atom. The first-order valence-corrected chi connectivity index (χ1v) is 6.58. The van der Waals surface area contributed by atoms with Gasteiger partial charge in [-0.2, -0.15) is 0 Å². The third-order valence-corrected chi connectivity index (χ3v) is 3.71. The Hall–Kier alpha value is -2.04.